The van der Waals surface area contributed by atoms with Crippen LogP contribution in [0.1, 0.15) is 25.0 Å². The number of aryl methyl sites for hydroxylation is 2. The molecular formula is C23H25ClN2O4S2. The third-order valence-electron chi connectivity index (χ3n) is 5.67. The number of nitrogens with zero attached hydrogens (tertiary/aromatic N) is 2. The van der Waals surface area contributed by atoms with E-state index in [-0.39, 0.29) is 29.4 Å². The summed E-state index contributed by atoms with van der Waals surface area (Å²) in [5.74, 6) is 0.289. The monoisotopic (exact) mass is 492 g/mol. The molecule has 0 aliphatic carbocycles. The van der Waals surface area contributed by atoms with Crippen molar-refractivity contribution < 1.29 is 17.9 Å². The molecule has 0 N–H and O–H groups in total. The van der Waals surface area contributed by atoms with Gasteiger partial charge in [0.05, 0.1) is 17.5 Å². The molecule has 2 aliphatic rings. The van der Waals surface area contributed by atoms with Gasteiger partial charge < -0.3 is 9.64 Å². The second-order valence-electron chi connectivity index (χ2n) is 7.83. The van der Waals surface area contributed by atoms with E-state index in [1.165, 1.54) is 11.8 Å². The molecule has 2 fully saturated rings. The van der Waals surface area contributed by atoms with Crippen molar-refractivity contribution in [2.45, 2.75) is 38.0 Å². The number of hydrogen-bond acceptors (Lipinski definition) is 5. The highest BCUT2D eigenvalue weighted by molar-refractivity contribution is 8.16. The maximum atomic E-state index is 12.7. The Morgan fingerprint density at radius 1 is 1.12 bits per heavy atom. The molecule has 0 saturated carbocycles. The van der Waals surface area contributed by atoms with Gasteiger partial charge in [-0.2, -0.15) is 4.99 Å². The molecule has 2 aromatic rings. The number of carbonyl (C=O) groups is 1. The first-order valence-electron chi connectivity index (χ1n) is 10.6. The fraction of sp³-hybridized carbons (Fsp3) is 0.391. The average molecular weight is 493 g/mol. The van der Waals surface area contributed by atoms with Crippen LogP contribution in [0, 0.1) is 0 Å². The number of rotatable bonds is 6. The van der Waals surface area contributed by atoms with Gasteiger partial charge in [-0.05, 0) is 48.2 Å². The van der Waals surface area contributed by atoms with E-state index >= 15 is 0 Å². The summed E-state index contributed by atoms with van der Waals surface area (Å²) < 4.78 is 30.3. The van der Waals surface area contributed by atoms with Crippen LogP contribution < -0.4 is 9.64 Å². The number of carbonyl (C=O) groups excluding carboxylic acids is 1. The van der Waals surface area contributed by atoms with Crippen molar-refractivity contribution in [2.24, 2.45) is 4.99 Å². The summed E-state index contributed by atoms with van der Waals surface area (Å²) in [7, 11) is -3.13. The van der Waals surface area contributed by atoms with Crippen LogP contribution in [0.3, 0.4) is 0 Å². The lowest BCUT2D eigenvalue weighted by Crippen LogP contribution is -2.39. The van der Waals surface area contributed by atoms with Crippen LogP contribution in [-0.2, 0) is 27.5 Å². The van der Waals surface area contributed by atoms with Crippen LogP contribution in [-0.4, -0.2) is 48.9 Å². The third kappa shape index (κ3) is 4.82. The summed E-state index contributed by atoms with van der Waals surface area (Å²) in [5, 5.41) is 0.998. The minimum absolute atomic E-state index is 0.0698. The molecule has 2 aromatic carbocycles. The largest absolute Gasteiger partial charge is 0.484 e. The van der Waals surface area contributed by atoms with Crippen molar-refractivity contribution in [3.63, 3.8) is 0 Å². The van der Waals surface area contributed by atoms with Crippen LogP contribution >= 0.6 is 23.4 Å². The highest BCUT2D eigenvalue weighted by Gasteiger charge is 2.50. The van der Waals surface area contributed by atoms with E-state index < -0.39 is 15.7 Å². The molecule has 0 unspecified atom stereocenters. The topological polar surface area (TPSA) is 76.0 Å². The van der Waals surface area contributed by atoms with Crippen LogP contribution in [0.2, 0.25) is 5.02 Å². The van der Waals surface area contributed by atoms with E-state index in [1.807, 2.05) is 11.0 Å². The molecule has 0 radical (unpaired) electrons. The summed E-state index contributed by atoms with van der Waals surface area (Å²) in [4.78, 5) is 19.0. The average Bonchev–Trinajstić information content (AvgIpc) is 3.23. The van der Waals surface area contributed by atoms with Crippen LogP contribution in [0.5, 0.6) is 5.75 Å². The zero-order valence-electron chi connectivity index (χ0n) is 18.0. The number of amides is 1. The Morgan fingerprint density at radius 3 is 2.41 bits per heavy atom. The SMILES string of the molecule is CCc1cccc(CC)c1N1C(=NC(=O)COc2ccc(Cl)cc2)S[C@H]2CS(=O)(=O)C[C@H]21. The fourth-order valence-electron chi connectivity index (χ4n) is 4.17. The van der Waals surface area contributed by atoms with Crippen molar-refractivity contribution >= 4 is 50.0 Å². The number of para-hydroxylation sites is 1. The first kappa shape index (κ1) is 23.1. The smallest absolute Gasteiger partial charge is 0.285 e. The van der Waals surface area contributed by atoms with Gasteiger partial charge in [0.2, 0.25) is 0 Å². The number of sulfone groups is 1. The lowest BCUT2D eigenvalue weighted by molar-refractivity contribution is -0.119. The first-order valence-corrected chi connectivity index (χ1v) is 13.7. The maximum absolute atomic E-state index is 12.7. The molecule has 32 heavy (non-hydrogen) atoms. The van der Waals surface area contributed by atoms with Crippen LogP contribution in [0.4, 0.5) is 5.69 Å². The molecule has 170 valence electrons. The van der Waals surface area contributed by atoms with E-state index in [0.717, 1.165) is 29.7 Å². The lowest BCUT2D eigenvalue weighted by atomic mass is 10.0. The Bertz CT molecular complexity index is 1130. The molecule has 0 aromatic heterocycles. The van der Waals surface area contributed by atoms with Crippen LogP contribution in [0.25, 0.3) is 0 Å². The number of hydrogen-bond donors (Lipinski definition) is 0. The zero-order chi connectivity index (χ0) is 22.9. The van der Waals surface area contributed by atoms with Crippen molar-refractivity contribution in [2.75, 3.05) is 23.0 Å². The van der Waals surface area contributed by atoms with Crippen molar-refractivity contribution in [3.8, 4) is 5.75 Å². The first-order chi connectivity index (χ1) is 15.3. The molecular weight excluding hydrogens is 468 g/mol. The van der Waals surface area contributed by atoms with Gasteiger partial charge >= 0.3 is 0 Å². The Kier molecular flexibility index (Phi) is 6.83. The standard InChI is InChI=1S/C23H25ClN2O4S2/c1-3-15-6-5-7-16(4-2)22(15)26-19-13-32(28,29)14-20(19)31-23(26)25-21(27)12-30-18-10-8-17(24)9-11-18/h5-11,19-20H,3-4,12-14H2,1-2H3/t19-,20+/m1/s1. The fourth-order valence-corrected chi connectivity index (χ4v) is 8.21. The molecule has 1 amide bonds. The Labute approximate surface area is 197 Å². The predicted octanol–water partition coefficient (Wildman–Crippen LogP) is 4.15. The lowest BCUT2D eigenvalue weighted by Gasteiger charge is -2.29. The van der Waals surface area contributed by atoms with E-state index in [1.54, 1.807) is 24.3 Å². The van der Waals surface area contributed by atoms with Gasteiger partial charge in [-0.3, -0.25) is 4.79 Å². The molecule has 6 nitrogen and oxygen atoms in total. The molecule has 0 spiro atoms. The van der Waals surface area contributed by atoms with Crippen molar-refractivity contribution in [1.82, 2.24) is 0 Å². The third-order valence-corrected chi connectivity index (χ3v) is 9.13. The van der Waals surface area contributed by atoms with E-state index in [0.29, 0.717) is 15.9 Å². The number of amidine groups is 1. The number of benzene rings is 2. The van der Waals surface area contributed by atoms with Crippen molar-refractivity contribution in [3.05, 3.63) is 58.6 Å². The molecule has 9 heteroatoms. The summed E-state index contributed by atoms with van der Waals surface area (Å²) in [6.07, 6.45) is 1.60. The Hall–Kier alpha value is -2.03. The number of thioether (sulfide) groups is 1. The minimum Gasteiger partial charge on any atom is -0.484 e. The van der Waals surface area contributed by atoms with Gasteiger partial charge in [0.1, 0.15) is 5.75 Å². The maximum Gasteiger partial charge on any atom is 0.285 e. The second kappa shape index (κ2) is 9.45. The molecule has 2 aliphatic heterocycles. The van der Waals surface area contributed by atoms with Crippen LogP contribution in [0.15, 0.2) is 47.5 Å². The normalized spacial score (nSPS) is 22.8. The molecule has 2 heterocycles. The Balaban J connectivity index is 1.65. The summed E-state index contributed by atoms with van der Waals surface area (Å²) in [6.45, 7) is 3.95. The molecule has 0 bridgehead atoms. The van der Waals surface area contributed by atoms with E-state index in [9.17, 15) is 13.2 Å². The highest BCUT2D eigenvalue weighted by Crippen LogP contribution is 2.43. The zero-order valence-corrected chi connectivity index (χ0v) is 20.3. The van der Waals surface area contributed by atoms with Gasteiger partial charge in [0, 0.05) is 16.0 Å². The van der Waals surface area contributed by atoms with Crippen molar-refractivity contribution in [1.29, 1.82) is 0 Å². The summed E-state index contributed by atoms with van der Waals surface area (Å²) in [5.41, 5.74) is 3.22. The molecule has 2 atom stereocenters. The van der Waals surface area contributed by atoms with Gasteiger partial charge in [-0.25, -0.2) is 8.42 Å². The second-order valence-corrected chi connectivity index (χ2v) is 11.6. The van der Waals surface area contributed by atoms with Gasteiger partial charge in [0.15, 0.2) is 21.6 Å². The Morgan fingerprint density at radius 2 is 1.78 bits per heavy atom. The van der Waals surface area contributed by atoms with Gasteiger partial charge in [-0.1, -0.05) is 55.4 Å². The molecule has 2 saturated heterocycles. The van der Waals surface area contributed by atoms with Gasteiger partial charge in [-0.15, -0.1) is 0 Å². The molecule has 4 rings (SSSR count). The quantitative estimate of drug-likeness (QED) is 0.603. The van der Waals surface area contributed by atoms with Gasteiger partial charge in [0.25, 0.3) is 5.91 Å². The number of anilines is 1. The number of ether oxygens (including phenoxy) is 1. The number of halogens is 1. The van der Waals surface area contributed by atoms with E-state index in [2.05, 4.69) is 31.0 Å². The predicted molar refractivity (Wildman–Crippen MR) is 131 cm³/mol. The highest BCUT2D eigenvalue weighted by atomic mass is 35.5. The minimum atomic E-state index is -3.13. The van der Waals surface area contributed by atoms with E-state index in [4.69, 9.17) is 16.3 Å². The summed E-state index contributed by atoms with van der Waals surface area (Å²) in [6, 6.07) is 12.7. The number of fused-ring (bicyclic) bond motifs is 1. The summed E-state index contributed by atoms with van der Waals surface area (Å²) >= 11 is 7.26. The number of aliphatic imine (C=N–C) groups is 1.